The van der Waals surface area contributed by atoms with E-state index in [1.807, 2.05) is 6.07 Å². The number of piperidine rings is 2. The number of nitrogens with zero attached hydrogens (tertiary/aromatic N) is 4. The lowest BCUT2D eigenvalue weighted by Crippen LogP contribution is -2.85. The molecule has 5 atom stereocenters. The van der Waals surface area contributed by atoms with Crippen molar-refractivity contribution in [3.63, 3.8) is 0 Å². The summed E-state index contributed by atoms with van der Waals surface area (Å²) in [7, 11) is 1.45. The summed E-state index contributed by atoms with van der Waals surface area (Å²) in [5.41, 5.74) is 10.6. The van der Waals surface area contributed by atoms with Gasteiger partial charge in [0.1, 0.15) is 5.82 Å². The van der Waals surface area contributed by atoms with E-state index < -0.39 is 0 Å². The SMILES string of the molecule is COC(=O)N1CCc2c(nc(C)n2C2CC3N(CC[C@H](N)c4ccccc4)C4CCC432)C1. The van der Waals surface area contributed by atoms with Gasteiger partial charge in [0, 0.05) is 54.8 Å². The summed E-state index contributed by atoms with van der Waals surface area (Å²) in [6.45, 7) is 4.50. The van der Waals surface area contributed by atoms with Crippen LogP contribution >= 0.6 is 0 Å². The number of carbonyl (C=O) groups excluding carboxylic acids is 1. The third kappa shape index (κ3) is 2.67. The van der Waals surface area contributed by atoms with Gasteiger partial charge in [0.25, 0.3) is 0 Å². The number of likely N-dealkylation sites (tertiary alicyclic amines) is 1. The summed E-state index contributed by atoms with van der Waals surface area (Å²) >= 11 is 0. The fourth-order valence-corrected chi connectivity index (χ4v) is 7.20. The van der Waals surface area contributed by atoms with Crippen LogP contribution in [-0.4, -0.2) is 57.7 Å². The molecule has 2 aliphatic carbocycles. The van der Waals surface area contributed by atoms with Crippen molar-refractivity contribution in [1.29, 1.82) is 0 Å². The Labute approximate surface area is 189 Å². The Balaban J connectivity index is 1.15. The average Bonchev–Trinajstić information content (AvgIpc) is 3.10. The van der Waals surface area contributed by atoms with E-state index in [0.717, 1.165) is 30.9 Å². The van der Waals surface area contributed by atoms with Crippen LogP contribution in [0.3, 0.4) is 0 Å². The number of benzene rings is 1. The maximum atomic E-state index is 12.0. The van der Waals surface area contributed by atoms with Gasteiger partial charge in [-0.25, -0.2) is 9.78 Å². The highest BCUT2D eigenvalue weighted by Crippen LogP contribution is 2.73. The third-order valence-corrected chi connectivity index (χ3v) is 8.86. The fraction of sp³-hybridized carbons (Fsp3) is 0.600. The first-order chi connectivity index (χ1) is 15.5. The second kappa shape index (κ2) is 7.32. The molecular weight excluding hydrogens is 402 g/mol. The molecule has 1 aromatic heterocycles. The molecule has 0 radical (unpaired) electrons. The Morgan fingerprint density at radius 2 is 2.09 bits per heavy atom. The number of imidazole rings is 1. The Morgan fingerprint density at radius 3 is 2.78 bits per heavy atom. The van der Waals surface area contributed by atoms with Crippen LogP contribution in [0, 0.1) is 12.3 Å². The van der Waals surface area contributed by atoms with Crippen molar-refractivity contribution in [3.05, 3.63) is 53.1 Å². The van der Waals surface area contributed by atoms with E-state index in [9.17, 15) is 4.79 Å². The molecule has 3 heterocycles. The normalized spacial score (nSPS) is 31.3. The Morgan fingerprint density at radius 1 is 1.28 bits per heavy atom. The molecule has 170 valence electrons. The number of hydrogen-bond acceptors (Lipinski definition) is 5. The summed E-state index contributed by atoms with van der Waals surface area (Å²) in [6.07, 6.45) is 5.46. The van der Waals surface area contributed by atoms with Crippen LogP contribution in [0.2, 0.25) is 0 Å². The van der Waals surface area contributed by atoms with Crippen molar-refractivity contribution in [2.45, 2.75) is 69.7 Å². The van der Waals surface area contributed by atoms with Gasteiger partial charge in [0.05, 0.1) is 19.3 Å². The molecule has 0 bridgehead atoms. The molecule has 7 nitrogen and oxygen atoms in total. The number of rotatable bonds is 5. The van der Waals surface area contributed by atoms with Gasteiger partial charge in [-0.1, -0.05) is 30.3 Å². The standard InChI is InChI=1S/C25H33N5O2/c1-16-27-19-15-28(24(31)32-2)12-10-20(19)30(16)23-14-22-25(23)11-8-21(25)29(22)13-9-18(26)17-6-4-3-5-7-17/h3-7,18,21-23H,8-15,26H2,1-2H3/t18-,21?,22?,23?,25?/m0/s1. The molecule has 2 saturated carbocycles. The van der Waals surface area contributed by atoms with Crippen molar-refractivity contribution in [1.82, 2.24) is 19.4 Å². The molecule has 3 fully saturated rings. The first-order valence-corrected chi connectivity index (χ1v) is 12.0. The van der Waals surface area contributed by atoms with E-state index in [1.54, 1.807) is 4.90 Å². The number of hydrogen-bond donors (Lipinski definition) is 1. The predicted octanol–water partition coefficient (Wildman–Crippen LogP) is 3.18. The van der Waals surface area contributed by atoms with E-state index >= 15 is 0 Å². The number of nitrogens with two attached hydrogens (primary N) is 1. The van der Waals surface area contributed by atoms with Crippen molar-refractivity contribution in [2.75, 3.05) is 20.2 Å². The topological polar surface area (TPSA) is 76.6 Å². The monoisotopic (exact) mass is 435 g/mol. The number of carbonyl (C=O) groups is 1. The molecule has 1 aromatic carbocycles. The maximum absolute atomic E-state index is 12.0. The summed E-state index contributed by atoms with van der Waals surface area (Å²) in [5, 5.41) is 0. The van der Waals surface area contributed by atoms with Crippen LogP contribution in [0.1, 0.15) is 60.5 Å². The predicted molar refractivity (Wildman–Crippen MR) is 121 cm³/mol. The Bertz CT molecular complexity index is 1030. The van der Waals surface area contributed by atoms with Gasteiger partial charge >= 0.3 is 6.09 Å². The van der Waals surface area contributed by atoms with Gasteiger partial charge in [-0.05, 0) is 38.2 Å². The van der Waals surface area contributed by atoms with Crippen molar-refractivity contribution in [2.24, 2.45) is 11.1 Å². The number of methoxy groups -OCH3 is 1. The molecule has 4 aliphatic rings. The lowest BCUT2D eigenvalue weighted by atomic mass is 9.40. The number of amides is 1. The first-order valence-electron chi connectivity index (χ1n) is 12.0. The van der Waals surface area contributed by atoms with E-state index in [1.165, 1.54) is 37.6 Å². The van der Waals surface area contributed by atoms with Crippen molar-refractivity contribution < 1.29 is 9.53 Å². The fourth-order valence-electron chi connectivity index (χ4n) is 7.20. The second-order valence-electron chi connectivity index (χ2n) is 10.0. The summed E-state index contributed by atoms with van der Waals surface area (Å²) in [5.74, 6) is 1.11. The van der Waals surface area contributed by atoms with Gasteiger partial charge in [0.2, 0.25) is 0 Å². The smallest absolute Gasteiger partial charge is 0.409 e. The quantitative estimate of drug-likeness (QED) is 0.781. The van der Waals surface area contributed by atoms with Gasteiger partial charge in [-0.15, -0.1) is 0 Å². The van der Waals surface area contributed by atoms with Gasteiger partial charge in [-0.3, -0.25) is 4.90 Å². The maximum Gasteiger partial charge on any atom is 0.409 e. The highest BCUT2D eigenvalue weighted by molar-refractivity contribution is 5.67. The number of fused-ring (bicyclic) bond motifs is 1. The third-order valence-electron chi connectivity index (χ3n) is 8.86. The van der Waals surface area contributed by atoms with Crippen LogP contribution < -0.4 is 5.73 Å². The number of aryl methyl sites for hydroxylation is 1. The van der Waals surface area contributed by atoms with E-state index in [2.05, 4.69) is 40.7 Å². The molecule has 1 spiro atoms. The highest BCUT2D eigenvalue weighted by atomic mass is 16.5. The Hall–Kier alpha value is -2.38. The van der Waals surface area contributed by atoms with Gasteiger partial charge in [-0.2, -0.15) is 0 Å². The lowest BCUT2D eigenvalue weighted by molar-refractivity contribution is -0.295. The van der Waals surface area contributed by atoms with Crippen LogP contribution in [0.5, 0.6) is 0 Å². The second-order valence-corrected chi connectivity index (χ2v) is 10.0. The van der Waals surface area contributed by atoms with Crippen LogP contribution in [-0.2, 0) is 17.7 Å². The molecule has 4 unspecified atom stereocenters. The summed E-state index contributed by atoms with van der Waals surface area (Å²) in [6, 6.07) is 12.5. The summed E-state index contributed by atoms with van der Waals surface area (Å²) in [4.78, 5) is 21.3. The zero-order chi connectivity index (χ0) is 22.0. The van der Waals surface area contributed by atoms with Crippen molar-refractivity contribution in [3.8, 4) is 0 Å². The highest BCUT2D eigenvalue weighted by Gasteiger charge is 2.75. The number of aromatic nitrogens is 2. The minimum absolute atomic E-state index is 0.114. The first kappa shape index (κ1) is 20.2. The number of ether oxygens (including phenoxy) is 1. The Kier molecular flexibility index (Phi) is 4.63. The van der Waals surface area contributed by atoms with Gasteiger partial charge < -0.3 is 19.9 Å². The molecular formula is C25H33N5O2. The molecule has 1 saturated heterocycles. The zero-order valence-electron chi connectivity index (χ0n) is 19.0. The van der Waals surface area contributed by atoms with E-state index in [0.29, 0.717) is 36.6 Å². The van der Waals surface area contributed by atoms with Crippen LogP contribution in [0.25, 0.3) is 0 Å². The zero-order valence-corrected chi connectivity index (χ0v) is 19.0. The average molecular weight is 436 g/mol. The molecule has 32 heavy (non-hydrogen) atoms. The van der Waals surface area contributed by atoms with E-state index in [-0.39, 0.29) is 12.1 Å². The minimum atomic E-state index is -0.257. The van der Waals surface area contributed by atoms with Crippen LogP contribution in [0.15, 0.2) is 30.3 Å². The molecule has 1 amide bonds. The van der Waals surface area contributed by atoms with E-state index in [4.69, 9.17) is 15.5 Å². The molecule has 2 aromatic rings. The molecule has 2 aliphatic heterocycles. The van der Waals surface area contributed by atoms with Gasteiger partial charge in [0.15, 0.2) is 0 Å². The minimum Gasteiger partial charge on any atom is -0.453 e. The molecule has 7 heteroatoms. The lowest BCUT2D eigenvalue weighted by Gasteiger charge is -2.80. The van der Waals surface area contributed by atoms with Crippen LogP contribution in [0.4, 0.5) is 4.79 Å². The molecule has 6 rings (SSSR count). The molecule has 2 N–H and O–H groups in total. The largest absolute Gasteiger partial charge is 0.453 e. The van der Waals surface area contributed by atoms with Crippen molar-refractivity contribution >= 4 is 6.09 Å². The summed E-state index contributed by atoms with van der Waals surface area (Å²) < 4.78 is 7.46.